The zero-order valence-corrected chi connectivity index (χ0v) is 13.1. The molecule has 0 heterocycles. The highest BCUT2D eigenvalue weighted by Gasteiger charge is 2.42. The Morgan fingerprint density at radius 1 is 1.39 bits per heavy atom. The van der Waals surface area contributed by atoms with Gasteiger partial charge in [-0.3, -0.25) is 5.32 Å². The zero-order chi connectivity index (χ0) is 13.6. The third-order valence-corrected chi connectivity index (χ3v) is 5.05. The highest BCUT2D eigenvalue weighted by molar-refractivity contribution is 7.99. The maximum atomic E-state index is 9.56. The van der Waals surface area contributed by atoms with Gasteiger partial charge in [-0.2, -0.15) is 17.0 Å². The molecule has 0 aliphatic heterocycles. The average Bonchev–Trinajstić information content (AvgIpc) is 2.67. The summed E-state index contributed by atoms with van der Waals surface area (Å²) in [4.78, 5) is 0. The van der Waals surface area contributed by atoms with E-state index in [0.717, 1.165) is 12.3 Å². The van der Waals surface area contributed by atoms with Crippen molar-refractivity contribution >= 4 is 11.8 Å². The van der Waals surface area contributed by atoms with Gasteiger partial charge in [0.25, 0.3) is 0 Å². The molecule has 2 unspecified atom stereocenters. The fourth-order valence-electron chi connectivity index (χ4n) is 2.90. The Balaban J connectivity index is 2.45. The monoisotopic (exact) mass is 268 g/mol. The lowest BCUT2D eigenvalue weighted by molar-refractivity contribution is 0.289. The summed E-state index contributed by atoms with van der Waals surface area (Å²) in [5, 5.41) is 13.1. The number of rotatable bonds is 7. The van der Waals surface area contributed by atoms with Crippen LogP contribution in [0, 0.1) is 23.2 Å². The molecule has 104 valence electrons. The van der Waals surface area contributed by atoms with E-state index < -0.39 is 0 Å². The number of thioether (sulfide) groups is 1. The fourth-order valence-corrected chi connectivity index (χ4v) is 3.99. The molecule has 1 aliphatic rings. The summed E-state index contributed by atoms with van der Waals surface area (Å²) < 4.78 is 0. The van der Waals surface area contributed by atoms with Crippen LogP contribution < -0.4 is 5.32 Å². The van der Waals surface area contributed by atoms with Crippen molar-refractivity contribution in [3.05, 3.63) is 0 Å². The van der Waals surface area contributed by atoms with E-state index in [0.29, 0.717) is 12.0 Å². The zero-order valence-electron chi connectivity index (χ0n) is 12.3. The largest absolute Gasteiger partial charge is 0.297 e. The second-order valence-corrected chi connectivity index (χ2v) is 7.38. The molecule has 18 heavy (non-hydrogen) atoms. The molecule has 3 heteroatoms. The SMILES string of the molecule is CC(C)CSCCC1CCCC1(C#N)NC(C)C. The van der Waals surface area contributed by atoms with Crippen LogP contribution in [0.5, 0.6) is 0 Å². The summed E-state index contributed by atoms with van der Waals surface area (Å²) in [5.74, 6) is 3.76. The smallest absolute Gasteiger partial charge is 0.109 e. The molecule has 1 saturated carbocycles. The fraction of sp³-hybridized carbons (Fsp3) is 0.933. The maximum Gasteiger partial charge on any atom is 0.109 e. The molecule has 0 aromatic rings. The number of nitrogens with zero attached hydrogens (tertiary/aromatic N) is 1. The third-order valence-electron chi connectivity index (χ3n) is 3.63. The topological polar surface area (TPSA) is 35.8 Å². The van der Waals surface area contributed by atoms with Gasteiger partial charge < -0.3 is 0 Å². The Bertz CT molecular complexity index is 283. The molecule has 2 nitrogen and oxygen atoms in total. The van der Waals surface area contributed by atoms with E-state index >= 15 is 0 Å². The van der Waals surface area contributed by atoms with E-state index in [4.69, 9.17) is 0 Å². The van der Waals surface area contributed by atoms with Gasteiger partial charge in [-0.1, -0.05) is 20.3 Å². The lowest BCUT2D eigenvalue weighted by Crippen LogP contribution is -2.50. The third kappa shape index (κ3) is 4.48. The van der Waals surface area contributed by atoms with Gasteiger partial charge in [0.1, 0.15) is 5.54 Å². The maximum absolute atomic E-state index is 9.56. The van der Waals surface area contributed by atoms with Crippen LogP contribution in [0.1, 0.15) is 53.4 Å². The highest BCUT2D eigenvalue weighted by atomic mass is 32.2. The quantitative estimate of drug-likeness (QED) is 0.713. The van der Waals surface area contributed by atoms with E-state index in [1.54, 1.807) is 0 Å². The summed E-state index contributed by atoms with van der Waals surface area (Å²) in [5.41, 5.74) is -0.243. The van der Waals surface area contributed by atoms with E-state index in [-0.39, 0.29) is 5.54 Å². The minimum absolute atomic E-state index is 0.243. The molecule has 2 atom stereocenters. The molecule has 1 aliphatic carbocycles. The molecular weight excluding hydrogens is 240 g/mol. The Labute approximate surface area is 117 Å². The van der Waals surface area contributed by atoms with Gasteiger partial charge in [0.2, 0.25) is 0 Å². The molecule has 0 amide bonds. The van der Waals surface area contributed by atoms with Crippen LogP contribution in [0.3, 0.4) is 0 Å². The van der Waals surface area contributed by atoms with Crippen molar-refractivity contribution in [2.75, 3.05) is 11.5 Å². The summed E-state index contributed by atoms with van der Waals surface area (Å²) in [6.45, 7) is 8.81. The molecule has 0 saturated heterocycles. The lowest BCUT2D eigenvalue weighted by Gasteiger charge is -2.32. The Morgan fingerprint density at radius 2 is 2.11 bits per heavy atom. The first-order valence-electron chi connectivity index (χ1n) is 7.27. The first-order valence-corrected chi connectivity index (χ1v) is 8.42. The molecule has 1 fully saturated rings. The molecular formula is C15H28N2S. The lowest BCUT2D eigenvalue weighted by atomic mass is 9.86. The van der Waals surface area contributed by atoms with Crippen LogP contribution in [0.15, 0.2) is 0 Å². The van der Waals surface area contributed by atoms with Crippen LogP contribution in [0.2, 0.25) is 0 Å². The summed E-state index contributed by atoms with van der Waals surface area (Å²) in [6, 6.07) is 2.98. The number of nitrogens with one attached hydrogen (secondary N) is 1. The van der Waals surface area contributed by atoms with Crippen molar-refractivity contribution in [1.29, 1.82) is 5.26 Å². The number of hydrogen-bond donors (Lipinski definition) is 1. The highest BCUT2D eigenvalue weighted by Crippen LogP contribution is 2.38. The van der Waals surface area contributed by atoms with Crippen LogP contribution >= 0.6 is 11.8 Å². The Hall–Kier alpha value is -0.200. The summed E-state index contributed by atoms with van der Waals surface area (Å²) in [6.07, 6.45) is 4.63. The number of hydrogen-bond acceptors (Lipinski definition) is 3. The molecule has 0 bridgehead atoms. The van der Waals surface area contributed by atoms with Crippen molar-refractivity contribution in [3.8, 4) is 6.07 Å². The Kier molecular flexibility index (Phi) is 6.52. The molecule has 0 aromatic carbocycles. The first-order chi connectivity index (χ1) is 8.50. The van der Waals surface area contributed by atoms with Crippen molar-refractivity contribution in [3.63, 3.8) is 0 Å². The van der Waals surface area contributed by atoms with Crippen molar-refractivity contribution in [1.82, 2.24) is 5.32 Å². The normalized spacial score (nSPS) is 27.9. The van der Waals surface area contributed by atoms with E-state index in [1.807, 2.05) is 11.8 Å². The van der Waals surface area contributed by atoms with Gasteiger partial charge in [0.05, 0.1) is 6.07 Å². The molecule has 0 radical (unpaired) electrons. The Morgan fingerprint density at radius 3 is 2.67 bits per heavy atom. The van der Waals surface area contributed by atoms with Gasteiger partial charge in [0.15, 0.2) is 0 Å². The summed E-state index contributed by atoms with van der Waals surface area (Å²) in [7, 11) is 0. The molecule has 0 spiro atoms. The second-order valence-electron chi connectivity index (χ2n) is 6.23. The van der Waals surface area contributed by atoms with Crippen LogP contribution in [-0.4, -0.2) is 23.1 Å². The predicted molar refractivity (Wildman–Crippen MR) is 80.7 cm³/mol. The summed E-state index contributed by atoms with van der Waals surface area (Å²) >= 11 is 2.04. The average molecular weight is 268 g/mol. The number of nitriles is 1. The predicted octanol–water partition coefficient (Wildman–Crippen LogP) is 3.83. The van der Waals surface area contributed by atoms with E-state index in [1.165, 1.54) is 30.8 Å². The van der Waals surface area contributed by atoms with Gasteiger partial charge in [-0.15, -0.1) is 0 Å². The second kappa shape index (κ2) is 7.40. The van der Waals surface area contributed by atoms with Crippen molar-refractivity contribution < 1.29 is 0 Å². The molecule has 1 N–H and O–H groups in total. The van der Waals surface area contributed by atoms with Gasteiger partial charge >= 0.3 is 0 Å². The van der Waals surface area contributed by atoms with Gasteiger partial charge in [0, 0.05) is 6.04 Å². The van der Waals surface area contributed by atoms with Crippen LogP contribution in [-0.2, 0) is 0 Å². The first kappa shape index (κ1) is 15.9. The van der Waals surface area contributed by atoms with E-state index in [9.17, 15) is 5.26 Å². The standard InChI is InChI=1S/C15H28N2S/c1-12(2)10-18-9-7-14-6-5-8-15(14,11-16)17-13(3)4/h12-14,17H,5-10H2,1-4H3. The van der Waals surface area contributed by atoms with Gasteiger partial charge in [-0.25, -0.2) is 0 Å². The van der Waals surface area contributed by atoms with Gasteiger partial charge in [-0.05, 0) is 56.5 Å². The van der Waals surface area contributed by atoms with Crippen molar-refractivity contribution in [2.24, 2.45) is 11.8 Å². The van der Waals surface area contributed by atoms with Crippen LogP contribution in [0.4, 0.5) is 0 Å². The molecule has 0 aromatic heterocycles. The molecule has 1 rings (SSSR count). The minimum Gasteiger partial charge on any atom is -0.297 e. The minimum atomic E-state index is -0.243. The van der Waals surface area contributed by atoms with E-state index in [2.05, 4.69) is 39.1 Å². The van der Waals surface area contributed by atoms with Crippen LogP contribution in [0.25, 0.3) is 0 Å². The van der Waals surface area contributed by atoms with Crippen molar-refractivity contribution in [2.45, 2.75) is 65.0 Å².